The van der Waals surface area contributed by atoms with E-state index in [1.165, 1.54) is 6.07 Å². The third-order valence-electron chi connectivity index (χ3n) is 4.04. The second kappa shape index (κ2) is 6.55. The van der Waals surface area contributed by atoms with Crippen molar-refractivity contribution in [2.75, 3.05) is 13.1 Å². The van der Waals surface area contributed by atoms with Crippen molar-refractivity contribution in [3.63, 3.8) is 0 Å². The Balaban J connectivity index is 2.15. The number of amides is 1. The molecule has 0 atom stereocenters. The first-order chi connectivity index (χ1) is 10.4. The average Bonchev–Trinajstić information content (AvgIpc) is 2.53. The van der Waals surface area contributed by atoms with Crippen LogP contribution in [0.3, 0.4) is 0 Å². The van der Waals surface area contributed by atoms with E-state index < -0.39 is 16.8 Å². The number of rotatable bonds is 4. The van der Waals surface area contributed by atoms with Gasteiger partial charge in [0.1, 0.15) is 0 Å². The van der Waals surface area contributed by atoms with Crippen molar-refractivity contribution in [2.24, 2.45) is 5.92 Å². The molecule has 1 aromatic carbocycles. The minimum absolute atomic E-state index is 0.0474. The lowest BCUT2D eigenvalue weighted by Crippen LogP contribution is -2.40. The van der Waals surface area contributed by atoms with Crippen molar-refractivity contribution in [3.8, 4) is 0 Å². The van der Waals surface area contributed by atoms with Gasteiger partial charge in [0, 0.05) is 30.3 Å². The van der Waals surface area contributed by atoms with Gasteiger partial charge in [0.05, 0.1) is 10.8 Å². The first-order valence-electron chi connectivity index (χ1n) is 7.23. The van der Waals surface area contributed by atoms with Crippen LogP contribution in [0.4, 0.5) is 5.69 Å². The third kappa shape index (κ3) is 3.24. The first kappa shape index (κ1) is 15.9. The summed E-state index contributed by atoms with van der Waals surface area (Å²) in [6.45, 7) is 2.54. The summed E-state index contributed by atoms with van der Waals surface area (Å²) in [5, 5.41) is 20.0. The molecule has 1 N–H and O–H groups in total. The number of benzene rings is 1. The van der Waals surface area contributed by atoms with Gasteiger partial charge in [-0.15, -0.1) is 0 Å². The van der Waals surface area contributed by atoms with E-state index in [2.05, 4.69) is 0 Å². The number of hydrogen-bond donors (Lipinski definition) is 1. The van der Waals surface area contributed by atoms with Crippen LogP contribution in [0.15, 0.2) is 18.2 Å². The van der Waals surface area contributed by atoms with E-state index in [0.29, 0.717) is 37.9 Å². The van der Waals surface area contributed by atoms with Crippen LogP contribution in [-0.2, 0) is 11.2 Å². The predicted molar refractivity (Wildman–Crippen MR) is 78.7 cm³/mol. The number of carboxylic acids is 1. The lowest BCUT2D eigenvalue weighted by Gasteiger charge is -2.30. The predicted octanol–water partition coefficient (Wildman–Crippen LogP) is 2.09. The topological polar surface area (TPSA) is 101 Å². The van der Waals surface area contributed by atoms with Gasteiger partial charge in [-0.05, 0) is 25.3 Å². The number of carbonyl (C=O) groups excluding carboxylic acids is 1. The average molecular weight is 306 g/mol. The number of nitrogens with zero attached hydrogens (tertiary/aromatic N) is 2. The fourth-order valence-electron chi connectivity index (χ4n) is 2.68. The summed E-state index contributed by atoms with van der Waals surface area (Å²) in [4.78, 5) is 35.5. The molecule has 7 heteroatoms. The van der Waals surface area contributed by atoms with Gasteiger partial charge in [0.2, 0.25) is 0 Å². The molecule has 1 heterocycles. The second-order valence-electron chi connectivity index (χ2n) is 5.36. The number of nitro benzene ring substituents is 1. The van der Waals surface area contributed by atoms with Gasteiger partial charge in [0.25, 0.3) is 11.6 Å². The van der Waals surface area contributed by atoms with Crippen LogP contribution < -0.4 is 0 Å². The minimum Gasteiger partial charge on any atom is -0.481 e. The monoisotopic (exact) mass is 306 g/mol. The van der Waals surface area contributed by atoms with Crippen molar-refractivity contribution >= 4 is 17.6 Å². The lowest BCUT2D eigenvalue weighted by atomic mass is 9.96. The van der Waals surface area contributed by atoms with Crippen LogP contribution >= 0.6 is 0 Å². The molecular formula is C15H18N2O5. The SMILES string of the molecule is CCc1ccc(C(=O)N2CCC(C(=O)O)CC2)cc1[N+](=O)[O-]. The molecule has 1 saturated heterocycles. The van der Waals surface area contributed by atoms with E-state index in [-0.39, 0.29) is 17.2 Å². The molecule has 1 fully saturated rings. The zero-order valence-corrected chi connectivity index (χ0v) is 12.3. The number of nitro groups is 1. The highest BCUT2D eigenvalue weighted by atomic mass is 16.6. The molecule has 0 unspecified atom stereocenters. The Morgan fingerprint density at radius 1 is 1.36 bits per heavy atom. The molecule has 118 valence electrons. The molecular weight excluding hydrogens is 288 g/mol. The van der Waals surface area contributed by atoms with Crippen LogP contribution in [-0.4, -0.2) is 39.9 Å². The molecule has 0 saturated carbocycles. The van der Waals surface area contributed by atoms with E-state index in [1.54, 1.807) is 17.0 Å². The molecule has 1 amide bonds. The van der Waals surface area contributed by atoms with Gasteiger partial charge in [-0.2, -0.15) is 0 Å². The zero-order chi connectivity index (χ0) is 16.3. The molecule has 1 aliphatic rings. The van der Waals surface area contributed by atoms with Gasteiger partial charge in [-0.3, -0.25) is 19.7 Å². The molecule has 0 radical (unpaired) electrons. The van der Waals surface area contributed by atoms with Gasteiger partial charge >= 0.3 is 5.97 Å². The minimum atomic E-state index is -0.838. The van der Waals surface area contributed by atoms with Gasteiger partial charge in [-0.1, -0.05) is 13.0 Å². The van der Waals surface area contributed by atoms with Crippen molar-refractivity contribution in [1.82, 2.24) is 4.90 Å². The standard InChI is InChI=1S/C15H18N2O5/c1-2-10-3-4-12(9-13(10)17(21)22)14(18)16-7-5-11(6-8-16)15(19)20/h3-4,9,11H,2,5-8H2,1H3,(H,19,20). The Kier molecular flexibility index (Phi) is 4.75. The number of piperidine rings is 1. The highest BCUT2D eigenvalue weighted by molar-refractivity contribution is 5.95. The largest absolute Gasteiger partial charge is 0.481 e. The smallest absolute Gasteiger partial charge is 0.306 e. The molecule has 1 aliphatic heterocycles. The van der Waals surface area contributed by atoms with Crippen molar-refractivity contribution < 1.29 is 19.6 Å². The Labute approximate surface area is 127 Å². The maximum atomic E-state index is 12.4. The summed E-state index contributed by atoms with van der Waals surface area (Å²) in [6, 6.07) is 4.51. The van der Waals surface area contributed by atoms with Gasteiger partial charge in [0.15, 0.2) is 0 Å². The highest BCUT2D eigenvalue weighted by Crippen LogP contribution is 2.24. The molecule has 0 aromatic heterocycles. The lowest BCUT2D eigenvalue weighted by molar-refractivity contribution is -0.385. The maximum Gasteiger partial charge on any atom is 0.306 e. The highest BCUT2D eigenvalue weighted by Gasteiger charge is 2.28. The van der Waals surface area contributed by atoms with Crippen LogP contribution in [0, 0.1) is 16.0 Å². The Morgan fingerprint density at radius 2 is 2.00 bits per heavy atom. The summed E-state index contributed by atoms with van der Waals surface area (Å²) in [6.07, 6.45) is 1.35. The number of aryl methyl sites for hydroxylation is 1. The second-order valence-corrected chi connectivity index (χ2v) is 5.36. The van der Waals surface area contributed by atoms with Crippen LogP contribution in [0.25, 0.3) is 0 Å². The van der Waals surface area contributed by atoms with E-state index in [4.69, 9.17) is 5.11 Å². The normalized spacial score (nSPS) is 15.6. The molecule has 0 spiro atoms. The van der Waals surface area contributed by atoms with Crippen molar-refractivity contribution in [2.45, 2.75) is 26.2 Å². The summed E-state index contributed by atoms with van der Waals surface area (Å²) in [5.74, 6) is -1.54. The van der Waals surface area contributed by atoms with Crippen molar-refractivity contribution in [3.05, 3.63) is 39.4 Å². The molecule has 7 nitrogen and oxygen atoms in total. The number of aliphatic carboxylic acids is 1. The summed E-state index contributed by atoms with van der Waals surface area (Å²) >= 11 is 0. The number of carboxylic acid groups (broad SMARTS) is 1. The van der Waals surface area contributed by atoms with Crippen LogP contribution in [0.5, 0.6) is 0 Å². The zero-order valence-electron chi connectivity index (χ0n) is 12.3. The van der Waals surface area contributed by atoms with Crippen molar-refractivity contribution in [1.29, 1.82) is 0 Å². The van der Waals surface area contributed by atoms with Crippen LogP contribution in [0.1, 0.15) is 35.7 Å². The first-order valence-corrected chi connectivity index (χ1v) is 7.23. The summed E-state index contributed by atoms with van der Waals surface area (Å²) < 4.78 is 0. The van der Waals surface area contributed by atoms with E-state index >= 15 is 0 Å². The molecule has 0 aliphatic carbocycles. The molecule has 1 aromatic rings. The number of likely N-dealkylation sites (tertiary alicyclic amines) is 1. The van der Waals surface area contributed by atoms with E-state index in [1.807, 2.05) is 6.92 Å². The summed E-state index contributed by atoms with van der Waals surface area (Å²) in [5.41, 5.74) is 0.817. The van der Waals surface area contributed by atoms with Gasteiger partial charge in [-0.25, -0.2) is 0 Å². The van der Waals surface area contributed by atoms with Crippen LogP contribution in [0.2, 0.25) is 0 Å². The quantitative estimate of drug-likeness (QED) is 0.678. The Hall–Kier alpha value is -2.44. The molecule has 0 bridgehead atoms. The maximum absolute atomic E-state index is 12.4. The Morgan fingerprint density at radius 3 is 2.50 bits per heavy atom. The number of hydrogen-bond acceptors (Lipinski definition) is 4. The number of carbonyl (C=O) groups is 2. The molecule has 22 heavy (non-hydrogen) atoms. The van der Waals surface area contributed by atoms with E-state index in [0.717, 1.165) is 0 Å². The fourth-order valence-corrected chi connectivity index (χ4v) is 2.68. The summed E-state index contributed by atoms with van der Waals surface area (Å²) in [7, 11) is 0. The third-order valence-corrected chi connectivity index (χ3v) is 4.04. The van der Waals surface area contributed by atoms with E-state index in [9.17, 15) is 19.7 Å². The fraction of sp³-hybridized carbons (Fsp3) is 0.467. The van der Waals surface area contributed by atoms with Gasteiger partial charge < -0.3 is 10.0 Å². The molecule has 2 rings (SSSR count). The Bertz CT molecular complexity index is 606.